The van der Waals surface area contributed by atoms with Gasteiger partial charge in [-0.25, -0.2) is 0 Å². The molecular weight excluding hydrogens is 294 g/mol. The van der Waals surface area contributed by atoms with Gasteiger partial charge in [0.25, 0.3) is 0 Å². The lowest BCUT2D eigenvalue weighted by molar-refractivity contribution is 1.31. The van der Waals surface area contributed by atoms with E-state index < -0.39 is 0 Å². The van der Waals surface area contributed by atoms with Crippen LogP contribution in [-0.2, 0) is 0 Å². The Kier molecular flexibility index (Phi) is 2.95. The Morgan fingerprint density at radius 2 is 1.59 bits per heavy atom. The number of benzene rings is 2. The van der Waals surface area contributed by atoms with Gasteiger partial charge in [-0.1, -0.05) is 36.4 Å². The quantitative estimate of drug-likeness (QED) is 0.648. The first-order valence-corrected chi connectivity index (χ1v) is 6.90. The Balaban J connectivity index is 2.07. The molecule has 0 fully saturated rings. The lowest BCUT2D eigenvalue weighted by atomic mass is 10.3. The number of hydrogen-bond donors (Lipinski definition) is 0. The van der Waals surface area contributed by atoms with Gasteiger partial charge in [0.2, 0.25) is 0 Å². The van der Waals surface area contributed by atoms with Crippen LogP contribution >= 0.6 is 27.9 Å². The summed E-state index contributed by atoms with van der Waals surface area (Å²) in [6, 6.07) is 18.8. The van der Waals surface area contributed by atoms with Crippen molar-refractivity contribution in [3.05, 3.63) is 65.3 Å². The first kappa shape index (κ1) is 10.9. The SMILES string of the molecule is Brc1cn(Sc2ccccc2)c2ccccc12. The molecule has 0 saturated carbocycles. The van der Waals surface area contributed by atoms with Crippen molar-refractivity contribution in [2.75, 3.05) is 0 Å². The van der Waals surface area contributed by atoms with E-state index in [1.54, 1.807) is 11.9 Å². The van der Waals surface area contributed by atoms with Gasteiger partial charge >= 0.3 is 0 Å². The van der Waals surface area contributed by atoms with Gasteiger partial charge in [0.1, 0.15) is 0 Å². The monoisotopic (exact) mass is 303 g/mol. The molecule has 0 bridgehead atoms. The average Bonchev–Trinajstić information content (AvgIpc) is 2.69. The van der Waals surface area contributed by atoms with Gasteiger partial charge in [-0.2, -0.15) is 0 Å². The number of halogens is 1. The summed E-state index contributed by atoms with van der Waals surface area (Å²) in [5.41, 5.74) is 1.23. The summed E-state index contributed by atoms with van der Waals surface area (Å²) in [6.45, 7) is 0. The van der Waals surface area contributed by atoms with Crippen molar-refractivity contribution in [3.8, 4) is 0 Å². The third kappa shape index (κ3) is 2.13. The van der Waals surface area contributed by atoms with Crippen molar-refractivity contribution in [3.63, 3.8) is 0 Å². The Bertz CT molecular complexity index is 646. The molecule has 0 unspecified atom stereocenters. The number of nitrogens with zero attached hydrogens (tertiary/aromatic N) is 1. The fraction of sp³-hybridized carbons (Fsp3) is 0. The van der Waals surface area contributed by atoms with Crippen LogP contribution in [-0.4, -0.2) is 3.97 Å². The molecule has 0 saturated heterocycles. The van der Waals surface area contributed by atoms with Crippen molar-refractivity contribution < 1.29 is 0 Å². The predicted molar refractivity (Wildman–Crippen MR) is 77.3 cm³/mol. The maximum absolute atomic E-state index is 3.60. The highest BCUT2D eigenvalue weighted by Gasteiger charge is 2.06. The molecule has 3 rings (SSSR count). The molecule has 1 nitrogen and oxygen atoms in total. The summed E-state index contributed by atoms with van der Waals surface area (Å²) in [4.78, 5) is 1.24. The van der Waals surface area contributed by atoms with Crippen LogP contribution in [0.15, 0.2) is 70.2 Å². The summed E-state index contributed by atoms with van der Waals surface area (Å²) < 4.78 is 3.32. The molecule has 0 spiro atoms. The summed E-state index contributed by atoms with van der Waals surface area (Å²) in [5.74, 6) is 0. The second-order valence-corrected chi connectivity index (χ2v) is 5.63. The fourth-order valence-corrected chi connectivity index (χ4v) is 3.38. The Labute approximate surface area is 113 Å². The molecule has 0 amide bonds. The zero-order valence-corrected chi connectivity index (χ0v) is 11.4. The smallest absolute Gasteiger partial charge is 0.0606 e. The highest BCUT2D eigenvalue weighted by molar-refractivity contribution is 9.10. The minimum absolute atomic E-state index is 1.14. The molecule has 17 heavy (non-hydrogen) atoms. The molecule has 3 heteroatoms. The van der Waals surface area contributed by atoms with Crippen molar-refractivity contribution in [1.82, 2.24) is 3.97 Å². The minimum Gasteiger partial charge on any atom is -0.286 e. The van der Waals surface area contributed by atoms with Crippen LogP contribution in [0.1, 0.15) is 0 Å². The van der Waals surface area contributed by atoms with Crippen molar-refractivity contribution in [2.45, 2.75) is 4.90 Å². The van der Waals surface area contributed by atoms with Gasteiger partial charge < -0.3 is 0 Å². The number of para-hydroxylation sites is 1. The second-order valence-electron chi connectivity index (χ2n) is 3.72. The zero-order valence-electron chi connectivity index (χ0n) is 9.01. The molecule has 0 aliphatic carbocycles. The molecule has 84 valence electrons. The Morgan fingerprint density at radius 1 is 0.882 bits per heavy atom. The molecule has 3 aromatic rings. The summed E-state index contributed by atoms with van der Waals surface area (Å²) in [6.07, 6.45) is 2.11. The number of fused-ring (bicyclic) bond motifs is 1. The van der Waals surface area contributed by atoms with E-state index in [0.717, 1.165) is 4.47 Å². The first-order chi connectivity index (χ1) is 8.34. The normalized spacial score (nSPS) is 10.9. The van der Waals surface area contributed by atoms with Gasteiger partial charge in [0.15, 0.2) is 0 Å². The second kappa shape index (κ2) is 4.59. The number of hydrogen-bond acceptors (Lipinski definition) is 1. The van der Waals surface area contributed by atoms with E-state index in [9.17, 15) is 0 Å². The largest absolute Gasteiger partial charge is 0.286 e. The van der Waals surface area contributed by atoms with Gasteiger partial charge in [-0.15, -0.1) is 0 Å². The first-order valence-electron chi connectivity index (χ1n) is 5.33. The van der Waals surface area contributed by atoms with E-state index in [1.807, 2.05) is 6.07 Å². The minimum atomic E-state index is 1.14. The molecule has 0 radical (unpaired) electrons. The molecule has 2 aromatic carbocycles. The van der Waals surface area contributed by atoms with Gasteiger partial charge in [0.05, 0.1) is 5.52 Å². The number of aromatic nitrogens is 1. The van der Waals surface area contributed by atoms with Gasteiger partial charge in [0, 0.05) is 21.0 Å². The van der Waals surface area contributed by atoms with Crippen LogP contribution in [0.25, 0.3) is 10.9 Å². The molecule has 0 atom stereocenters. The third-order valence-corrected chi connectivity index (χ3v) is 4.19. The van der Waals surface area contributed by atoms with Gasteiger partial charge in [-0.3, -0.25) is 3.97 Å². The van der Waals surface area contributed by atoms with E-state index in [0.29, 0.717) is 0 Å². The van der Waals surface area contributed by atoms with E-state index in [-0.39, 0.29) is 0 Å². The lowest BCUT2D eigenvalue weighted by Crippen LogP contribution is -1.83. The van der Waals surface area contributed by atoms with Crippen molar-refractivity contribution in [2.24, 2.45) is 0 Å². The van der Waals surface area contributed by atoms with Crippen LogP contribution in [0, 0.1) is 0 Å². The van der Waals surface area contributed by atoms with E-state index in [2.05, 4.69) is 74.6 Å². The third-order valence-electron chi connectivity index (χ3n) is 2.58. The summed E-state index contributed by atoms with van der Waals surface area (Å²) in [5, 5.41) is 1.25. The predicted octanol–water partition coefficient (Wildman–Crippen LogP) is 4.96. The molecule has 1 aromatic heterocycles. The van der Waals surface area contributed by atoms with Crippen LogP contribution in [0.5, 0.6) is 0 Å². The van der Waals surface area contributed by atoms with Crippen LogP contribution < -0.4 is 0 Å². The highest BCUT2D eigenvalue weighted by atomic mass is 79.9. The maximum Gasteiger partial charge on any atom is 0.0606 e. The van der Waals surface area contributed by atoms with Crippen molar-refractivity contribution in [1.29, 1.82) is 0 Å². The Morgan fingerprint density at radius 3 is 2.41 bits per heavy atom. The molecule has 1 heterocycles. The summed E-state index contributed by atoms with van der Waals surface area (Å²) >= 11 is 5.32. The van der Waals surface area contributed by atoms with Crippen LogP contribution in [0.2, 0.25) is 0 Å². The fourth-order valence-electron chi connectivity index (χ4n) is 1.78. The van der Waals surface area contributed by atoms with E-state index >= 15 is 0 Å². The lowest BCUT2D eigenvalue weighted by Gasteiger charge is -2.03. The average molecular weight is 304 g/mol. The molecule has 0 aliphatic heterocycles. The van der Waals surface area contributed by atoms with Crippen LogP contribution in [0.3, 0.4) is 0 Å². The van der Waals surface area contributed by atoms with E-state index in [4.69, 9.17) is 0 Å². The van der Waals surface area contributed by atoms with Crippen LogP contribution in [0.4, 0.5) is 0 Å². The summed E-state index contributed by atoms with van der Waals surface area (Å²) in [7, 11) is 0. The standard InChI is InChI=1S/C14H10BrNS/c15-13-10-16(14-9-5-4-8-12(13)14)17-11-6-2-1-3-7-11/h1-10H. The van der Waals surface area contributed by atoms with E-state index in [1.165, 1.54) is 15.8 Å². The maximum atomic E-state index is 3.60. The zero-order chi connectivity index (χ0) is 11.7. The highest BCUT2D eigenvalue weighted by Crippen LogP contribution is 2.31. The van der Waals surface area contributed by atoms with Crippen molar-refractivity contribution >= 4 is 38.8 Å². The molecular formula is C14H10BrNS. The topological polar surface area (TPSA) is 4.93 Å². The number of rotatable bonds is 2. The molecule has 0 aliphatic rings. The molecule has 0 N–H and O–H groups in total. The Hall–Kier alpha value is -1.19. The van der Waals surface area contributed by atoms with Gasteiger partial charge in [-0.05, 0) is 46.1 Å².